The zero-order chi connectivity index (χ0) is 12.1. The quantitative estimate of drug-likeness (QED) is 0.735. The van der Waals surface area contributed by atoms with E-state index in [2.05, 4.69) is 24.7 Å². The highest BCUT2D eigenvalue weighted by atomic mass is 16.6. The third-order valence-corrected chi connectivity index (χ3v) is 2.45. The molecule has 0 N–H and O–H groups in total. The first-order chi connectivity index (χ1) is 7.54. The van der Waals surface area contributed by atoms with E-state index in [0.29, 0.717) is 5.92 Å². The van der Waals surface area contributed by atoms with Gasteiger partial charge < -0.3 is 9.47 Å². The summed E-state index contributed by atoms with van der Waals surface area (Å²) in [5.41, 5.74) is 2.22. The maximum atomic E-state index is 11.0. The highest BCUT2D eigenvalue weighted by molar-refractivity contribution is 5.70. The minimum absolute atomic E-state index is 0.0428. The maximum Gasteiger partial charge on any atom is 0.343 e. The zero-order valence-electron chi connectivity index (χ0n) is 10.2. The third kappa shape index (κ3) is 3.26. The van der Waals surface area contributed by atoms with E-state index in [4.69, 9.17) is 4.74 Å². The first-order valence-corrected chi connectivity index (χ1v) is 5.34. The molecule has 0 heterocycles. The van der Waals surface area contributed by atoms with Crippen molar-refractivity contribution in [3.05, 3.63) is 29.3 Å². The van der Waals surface area contributed by atoms with Gasteiger partial charge in [-0.25, -0.2) is 4.79 Å². The summed E-state index contributed by atoms with van der Waals surface area (Å²) in [6.07, 6.45) is 0. The second-order valence-corrected chi connectivity index (χ2v) is 4.04. The Balaban J connectivity index is 2.78. The summed E-state index contributed by atoms with van der Waals surface area (Å²) >= 11 is 0. The van der Waals surface area contributed by atoms with E-state index in [-0.39, 0.29) is 12.6 Å². The Morgan fingerprint density at radius 3 is 2.62 bits per heavy atom. The molecule has 0 aliphatic rings. The van der Waals surface area contributed by atoms with Gasteiger partial charge in [0.15, 0.2) is 6.61 Å². The van der Waals surface area contributed by atoms with E-state index >= 15 is 0 Å². The average Bonchev–Trinajstić information content (AvgIpc) is 2.27. The van der Waals surface area contributed by atoms with Gasteiger partial charge in [0.05, 0.1) is 7.11 Å². The second kappa shape index (κ2) is 5.54. The van der Waals surface area contributed by atoms with Crippen molar-refractivity contribution in [2.24, 2.45) is 0 Å². The van der Waals surface area contributed by atoms with Crippen LogP contribution in [0.4, 0.5) is 0 Å². The van der Waals surface area contributed by atoms with Crippen LogP contribution < -0.4 is 4.74 Å². The van der Waals surface area contributed by atoms with Crippen LogP contribution in [0.2, 0.25) is 0 Å². The van der Waals surface area contributed by atoms with Crippen molar-refractivity contribution in [2.45, 2.75) is 26.7 Å². The number of hydrogen-bond acceptors (Lipinski definition) is 3. The molecule has 16 heavy (non-hydrogen) atoms. The number of hydrogen-bond donors (Lipinski definition) is 0. The molecule has 0 fully saturated rings. The molecule has 88 valence electrons. The number of aryl methyl sites for hydroxylation is 1. The lowest BCUT2D eigenvalue weighted by molar-refractivity contribution is -0.142. The Kier molecular flexibility index (Phi) is 4.35. The van der Waals surface area contributed by atoms with Gasteiger partial charge in [0, 0.05) is 0 Å². The van der Waals surface area contributed by atoms with Gasteiger partial charge in [0.1, 0.15) is 5.75 Å². The molecule has 0 aliphatic carbocycles. The molecule has 0 bridgehead atoms. The van der Waals surface area contributed by atoms with Gasteiger partial charge in [-0.05, 0) is 30.0 Å². The Labute approximate surface area is 96.4 Å². The summed E-state index contributed by atoms with van der Waals surface area (Å²) in [5.74, 6) is 0.826. The summed E-state index contributed by atoms with van der Waals surface area (Å²) < 4.78 is 9.93. The van der Waals surface area contributed by atoms with Crippen LogP contribution in [-0.2, 0) is 9.53 Å². The SMILES string of the molecule is COC(=O)COc1cc(C(C)C)ccc1C. The van der Waals surface area contributed by atoms with Gasteiger partial charge in [-0.2, -0.15) is 0 Å². The van der Waals surface area contributed by atoms with E-state index in [1.165, 1.54) is 12.7 Å². The molecular weight excluding hydrogens is 204 g/mol. The smallest absolute Gasteiger partial charge is 0.343 e. The lowest BCUT2D eigenvalue weighted by Gasteiger charge is -2.11. The van der Waals surface area contributed by atoms with Crippen LogP contribution in [0.3, 0.4) is 0 Å². The van der Waals surface area contributed by atoms with Crippen molar-refractivity contribution in [3.8, 4) is 5.75 Å². The fraction of sp³-hybridized carbons (Fsp3) is 0.462. The molecule has 3 nitrogen and oxygen atoms in total. The molecule has 0 spiro atoms. The maximum absolute atomic E-state index is 11.0. The molecule has 1 aromatic carbocycles. The van der Waals surface area contributed by atoms with Gasteiger partial charge in [-0.15, -0.1) is 0 Å². The largest absolute Gasteiger partial charge is 0.482 e. The van der Waals surface area contributed by atoms with E-state index < -0.39 is 0 Å². The molecule has 1 aromatic rings. The van der Waals surface area contributed by atoms with Crippen molar-refractivity contribution in [3.63, 3.8) is 0 Å². The van der Waals surface area contributed by atoms with Gasteiger partial charge >= 0.3 is 5.97 Å². The number of rotatable bonds is 4. The van der Waals surface area contributed by atoms with Crippen LogP contribution in [0.15, 0.2) is 18.2 Å². The molecule has 0 radical (unpaired) electrons. The van der Waals surface area contributed by atoms with E-state index in [1.54, 1.807) is 0 Å². The number of methoxy groups -OCH3 is 1. The molecule has 0 aromatic heterocycles. The number of carbonyl (C=O) groups is 1. The van der Waals surface area contributed by atoms with Gasteiger partial charge in [-0.1, -0.05) is 26.0 Å². The average molecular weight is 222 g/mol. The van der Waals surface area contributed by atoms with Crippen molar-refractivity contribution >= 4 is 5.97 Å². The van der Waals surface area contributed by atoms with Crippen LogP contribution >= 0.6 is 0 Å². The summed E-state index contributed by atoms with van der Waals surface area (Å²) in [4.78, 5) is 11.0. The Morgan fingerprint density at radius 2 is 2.06 bits per heavy atom. The van der Waals surface area contributed by atoms with Crippen molar-refractivity contribution in [1.82, 2.24) is 0 Å². The summed E-state index contributed by atoms with van der Waals surface area (Å²) in [5, 5.41) is 0. The summed E-state index contributed by atoms with van der Waals surface area (Å²) in [6.45, 7) is 6.15. The normalized spacial score (nSPS) is 10.3. The second-order valence-electron chi connectivity index (χ2n) is 4.04. The molecular formula is C13H18O3. The molecule has 3 heteroatoms. The van der Waals surface area contributed by atoms with Crippen LogP contribution in [0.1, 0.15) is 30.9 Å². The number of carbonyl (C=O) groups excluding carboxylic acids is 1. The van der Waals surface area contributed by atoms with Crippen molar-refractivity contribution in [1.29, 1.82) is 0 Å². The Morgan fingerprint density at radius 1 is 1.38 bits per heavy atom. The highest BCUT2D eigenvalue weighted by Crippen LogP contribution is 2.24. The summed E-state index contributed by atoms with van der Waals surface area (Å²) in [7, 11) is 1.35. The fourth-order valence-corrected chi connectivity index (χ4v) is 1.33. The lowest BCUT2D eigenvalue weighted by atomic mass is 10.0. The third-order valence-electron chi connectivity index (χ3n) is 2.45. The van der Waals surface area contributed by atoms with E-state index in [9.17, 15) is 4.79 Å². The molecule has 0 unspecified atom stereocenters. The predicted molar refractivity (Wildman–Crippen MR) is 62.8 cm³/mol. The van der Waals surface area contributed by atoms with Crippen LogP contribution in [-0.4, -0.2) is 19.7 Å². The Bertz CT molecular complexity index is 369. The lowest BCUT2D eigenvalue weighted by Crippen LogP contribution is -2.13. The van der Waals surface area contributed by atoms with Gasteiger partial charge in [0.2, 0.25) is 0 Å². The topological polar surface area (TPSA) is 35.5 Å². The zero-order valence-corrected chi connectivity index (χ0v) is 10.2. The Hall–Kier alpha value is -1.51. The molecule has 0 atom stereocenters. The standard InChI is InChI=1S/C13H18O3/c1-9(2)11-6-5-10(3)12(7-11)16-8-13(14)15-4/h5-7,9H,8H2,1-4H3. The summed E-state index contributed by atoms with van der Waals surface area (Å²) in [6, 6.07) is 6.05. The molecule has 1 rings (SSSR count). The predicted octanol–water partition coefficient (Wildman–Crippen LogP) is 2.67. The monoisotopic (exact) mass is 222 g/mol. The number of ether oxygens (including phenoxy) is 2. The molecule has 0 saturated carbocycles. The highest BCUT2D eigenvalue weighted by Gasteiger charge is 2.07. The minimum atomic E-state index is -0.366. The van der Waals surface area contributed by atoms with E-state index in [0.717, 1.165) is 11.3 Å². The van der Waals surface area contributed by atoms with Crippen molar-refractivity contribution in [2.75, 3.05) is 13.7 Å². The fourth-order valence-electron chi connectivity index (χ4n) is 1.33. The van der Waals surface area contributed by atoms with Crippen LogP contribution in [0.25, 0.3) is 0 Å². The first kappa shape index (κ1) is 12.6. The molecule has 0 amide bonds. The molecule has 0 saturated heterocycles. The van der Waals surface area contributed by atoms with Crippen LogP contribution in [0, 0.1) is 6.92 Å². The van der Waals surface area contributed by atoms with E-state index in [1.807, 2.05) is 19.1 Å². The number of esters is 1. The van der Waals surface area contributed by atoms with Crippen molar-refractivity contribution < 1.29 is 14.3 Å². The van der Waals surface area contributed by atoms with Crippen LogP contribution in [0.5, 0.6) is 5.75 Å². The molecule has 0 aliphatic heterocycles. The van der Waals surface area contributed by atoms with Gasteiger partial charge in [-0.3, -0.25) is 0 Å². The number of benzene rings is 1. The minimum Gasteiger partial charge on any atom is -0.482 e. The first-order valence-electron chi connectivity index (χ1n) is 5.34. The van der Waals surface area contributed by atoms with Gasteiger partial charge in [0.25, 0.3) is 0 Å².